The monoisotopic (exact) mass is 375 g/mol. The van der Waals surface area contributed by atoms with Crippen LogP contribution in [0.5, 0.6) is 0 Å². The van der Waals surface area contributed by atoms with Gasteiger partial charge in [-0.2, -0.15) is 0 Å². The fourth-order valence-corrected chi connectivity index (χ4v) is 4.23. The summed E-state index contributed by atoms with van der Waals surface area (Å²) in [4.78, 5) is 0. The molecular weight excluding hydrogens is 351 g/mol. The van der Waals surface area contributed by atoms with E-state index < -0.39 is 0 Å². The standard InChI is InChI=1S/C18H25O.2ClH.Ti/c1-5-14-19-18(13-9-8-10-15(18)2)17(3,4)16-11-6-7-12-16;;;/h6,8-11H,5,7,13-14H2,1-4H3;2*1H;/q;;;+2/p-2. The van der Waals surface area contributed by atoms with Gasteiger partial charge >= 0.3 is 135 Å². The Labute approximate surface area is 159 Å². The molecule has 4 heteroatoms. The van der Waals surface area contributed by atoms with E-state index >= 15 is 0 Å². The Morgan fingerprint density at radius 2 is 1.95 bits per heavy atom. The van der Waals surface area contributed by atoms with Gasteiger partial charge in [-0.15, -0.1) is 0 Å². The van der Waals surface area contributed by atoms with Crippen molar-refractivity contribution in [1.82, 2.24) is 0 Å². The van der Waals surface area contributed by atoms with E-state index in [0.717, 1.165) is 25.9 Å². The zero-order chi connectivity index (χ0) is 14.8. The topological polar surface area (TPSA) is 9.23 Å². The van der Waals surface area contributed by atoms with Crippen LogP contribution in [-0.2, 0) is 25.2 Å². The van der Waals surface area contributed by atoms with Gasteiger partial charge in [0.2, 0.25) is 0 Å². The average Bonchev–Trinajstić information content (AvgIpc) is 2.85. The third-order valence-corrected chi connectivity index (χ3v) is 5.43. The van der Waals surface area contributed by atoms with Gasteiger partial charge in [-0.25, -0.2) is 0 Å². The van der Waals surface area contributed by atoms with Crippen LogP contribution in [0.3, 0.4) is 0 Å². The van der Waals surface area contributed by atoms with Crippen LogP contribution >= 0.6 is 0 Å². The normalized spacial score (nSPS) is 24.0. The molecule has 2 rings (SSSR count). The molecule has 0 aromatic rings. The van der Waals surface area contributed by atoms with Crippen LogP contribution in [0.1, 0.15) is 47.0 Å². The van der Waals surface area contributed by atoms with Crippen LogP contribution in [0.15, 0.2) is 45.4 Å². The average molecular weight is 376 g/mol. The minimum absolute atomic E-state index is 0. The second-order valence-electron chi connectivity index (χ2n) is 6.28. The summed E-state index contributed by atoms with van der Waals surface area (Å²) in [5.41, 5.74) is 2.59. The Hall–Kier alpha value is 0.214. The Balaban J connectivity index is 0.00000220. The molecule has 0 bridgehead atoms. The van der Waals surface area contributed by atoms with E-state index in [-0.39, 0.29) is 35.8 Å². The predicted molar refractivity (Wildman–Crippen MR) is 81.1 cm³/mol. The van der Waals surface area contributed by atoms with Gasteiger partial charge in [0.05, 0.1) is 0 Å². The fourth-order valence-electron chi connectivity index (χ4n) is 3.43. The summed E-state index contributed by atoms with van der Waals surface area (Å²) in [6, 6.07) is 0. The number of hydrogen-bond acceptors (Lipinski definition) is 1. The molecule has 1 atom stereocenters. The SMILES string of the molecule is CCCOC1(C(C)(C)C2=[C]([Ti+2])CC=C2)CC=CC=C1C.[Cl-].[Cl-]. The number of halogens is 2. The van der Waals surface area contributed by atoms with Crippen molar-refractivity contribution in [3.8, 4) is 0 Å². The zero-order valence-corrected chi connectivity index (χ0v) is 17.0. The third kappa shape index (κ3) is 3.82. The first-order valence-corrected chi connectivity index (χ1v) is 8.33. The molecule has 0 radical (unpaired) electrons. The number of ether oxygens (including phenoxy) is 1. The fraction of sp³-hybridized carbons (Fsp3) is 0.556. The third-order valence-electron chi connectivity index (χ3n) is 4.69. The Morgan fingerprint density at radius 1 is 1.27 bits per heavy atom. The van der Waals surface area contributed by atoms with Gasteiger partial charge in [0, 0.05) is 0 Å². The molecule has 0 aromatic carbocycles. The molecule has 0 saturated heterocycles. The maximum absolute atomic E-state index is 6.47. The van der Waals surface area contributed by atoms with Crippen molar-refractivity contribution in [2.45, 2.75) is 52.6 Å². The maximum Gasteiger partial charge on any atom is -1.00 e. The molecule has 0 N–H and O–H groups in total. The molecule has 0 aliphatic heterocycles. The van der Waals surface area contributed by atoms with Crippen LogP contribution in [0.2, 0.25) is 0 Å². The molecule has 0 amide bonds. The Morgan fingerprint density at radius 3 is 2.45 bits per heavy atom. The Kier molecular flexibility index (Phi) is 8.98. The second-order valence-corrected chi connectivity index (χ2v) is 7.22. The first-order chi connectivity index (χ1) is 9.45. The maximum atomic E-state index is 6.47. The van der Waals surface area contributed by atoms with Crippen molar-refractivity contribution in [3.63, 3.8) is 0 Å². The summed E-state index contributed by atoms with van der Waals surface area (Å²) in [6.07, 6.45) is 14.3. The van der Waals surface area contributed by atoms with Crippen LogP contribution in [0.25, 0.3) is 0 Å². The molecule has 121 valence electrons. The quantitative estimate of drug-likeness (QED) is 0.551. The van der Waals surface area contributed by atoms with Crippen molar-refractivity contribution in [2.24, 2.45) is 5.41 Å². The van der Waals surface area contributed by atoms with Crippen molar-refractivity contribution >= 4 is 0 Å². The molecule has 0 aromatic heterocycles. The van der Waals surface area contributed by atoms with E-state index in [1.165, 1.54) is 15.0 Å². The van der Waals surface area contributed by atoms with E-state index in [2.05, 4.69) is 78.5 Å². The zero-order valence-electron chi connectivity index (χ0n) is 13.9. The molecule has 22 heavy (non-hydrogen) atoms. The smallest absolute Gasteiger partial charge is 1.00 e. The summed E-state index contributed by atoms with van der Waals surface area (Å²) in [5, 5.41) is 0. The van der Waals surface area contributed by atoms with E-state index in [0.29, 0.717) is 0 Å². The molecule has 0 spiro atoms. The summed E-state index contributed by atoms with van der Waals surface area (Å²) < 4.78 is 7.95. The van der Waals surface area contributed by atoms with Gasteiger partial charge in [0.25, 0.3) is 0 Å². The van der Waals surface area contributed by atoms with Crippen LogP contribution in [0.4, 0.5) is 0 Å². The van der Waals surface area contributed by atoms with Gasteiger partial charge in [0.15, 0.2) is 0 Å². The predicted octanol–water partition coefficient (Wildman–Crippen LogP) is -1.15. The van der Waals surface area contributed by atoms with Crippen molar-refractivity contribution < 1.29 is 50.0 Å². The van der Waals surface area contributed by atoms with Crippen molar-refractivity contribution in [1.29, 1.82) is 0 Å². The largest absolute Gasteiger partial charge is 1.00 e. The molecule has 1 unspecified atom stereocenters. The number of allylic oxidation sites excluding steroid dienone is 5. The van der Waals surface area contributed by atoms with Gasteiger partial charge in [-0.05, 0) is 0 Å². The number of rotatable bonds is 5. The van der Waals surface area contributed by atoms with Crippen LogP contribution < -0.4 is 24.8 Å². The minimum atomic E-state index is -0.205. The molecule has 2 aliphatic rings. The summed E-state index contributed by atoms with van der Waals surface area (Å²) in [5.74, 6) is 0. The molecule has 0 heterocycles. The molecular formula is C18H25Cl2OTi. The van der Waals surface area contributed by atoms with Crippen molar-refractivity contribution in [2.75, 3.05) is 6.61 Å². The van der Waals surface area contributed by atoms with Gasteiger partial charge < -0.3 is 24.8 Å². The van der Waals surface area contributed by atoms with Gasteiger partial charge in [-0.1, -0.05) is 0 Å². The first kappa shape index (κ1) is 22.2. The Bertz CT molecular complexity index is 503. The van der Waals surface area contributed by atoms with Gasteiger partial charge in [-0.3, -0.25) is 0 Å². The summed E-state index contributed by atoms with van der Waals surface area (Å²) in [7, 11) is 0. The first-order valence-electron chi connectivity index (χ1n) is 7.55. The molecule has 0 saturated carbocycles. The van der Waals surface area contributed by atoms with E-state index in [4.69, 9.17) is 4.74 Å². The molecule has 1 nitrogen and oxygen atoms in total. The summed E-state index contributed by atoms with van der Waals surface area (Å²) in [6.45, 7) is 9.90. The van der Waals surface area contributed by atoms with Crippen molar-refractivity contribution in [3.05, 3.63) is 45.4 Å². The van der Waals surface area contributed by atoms with Crippen LogP contribution in [-0.4, -0.2) is 12.2 Å². The summed E-state index contributed by atoms with van der Waals surface area (Å²) >= 11 is 2.25. The second kappa shape index (κ2) is 8.90. The minimum Gasteiger partial charge on any atom is -1.00 e. The van der Waals surface area contributed by atoms with Gasteiger partial charge in [0.1, 0.15) is 0 Å². The van der Waals surface area contributed by atoms with E-state index in [1.807, 2.05) is 0 Å². The van der Waals surface area contributed by atoms with E-state index in [9.17, 15) is 0 Å². The number of hydrogen-bond donors (Lipinski definition) is 0. The van der Waals surface area contributed by atoms with Crippen LogP contribution in [0, 0.1) is 5.41 Å². The van der Waals surface area contributed by atoms with E-state index in [1.54, 1.807) is 0 Å². The molecule has 2 aliphatic carbocycles. The molecule has 0 fully saturated rings.